The fourth-order valence-electron chi connectivity index (χ4n) is 8.53. The summed E-state index contributed by atoms with van der Waals surface area (Å²) in [4.78, 5) is 23.3. The lowest BCUT2D eigenvalue weighted by Gasteiger charge is -2.25. The predicted molar refractivity (Wildman–Crippen MR) is 291 cm³/mol. The lowest BCUT2D eigenvalue weighted by Crippen LogP contribution is -2.45. The van der Waals surface area contributed by atoms with Crippen LogP contribution in [0.25, 0.3) is 0 Å². The van der Waals surface area contributed by atoms with Gasteiger partial charge in [0.25, 0.3) is 0 Å². The zero-order valence-corrected chi connectivity index (χ0v) is 46.0. The number of aliphatic hydroxyl groups is 1. The Morgan fingerprint density at radius 2 is 0.821 bits per heavy atom. The van der Waals surface area contributed by atoms with Gasteiger partial charge in [-0.05, 0) is 57.8 Å². The highest BCUT2D eigenvalue weighted by Crippen LogP contribution is 2.43. The minimum atomic E-state index is -4.36. The second-order valence-corrected chi connectivity index (χ2v) is 22.5. The number of amides is 1. The average Bonchev–Trinajstić information content (AvgIpc) is 3.29. The third kappa shape index (κ3) is 52.4. The molecule has 8 nitrogen and oxygen atoms in total. The smallest absolute Gasteiger partial charge is 0.387 e. The number of phosphoric ester groups is 1. The molecule has 0 fully saturated rings. The quantitative estimate of drug-likeness (QED) is 0.0243. The van der Waals surface area contributed by atoms with Gasteiger partial charge < -0.3 is 19.8 Å². The summed E-state index contributed by atoms with van der Waals surface area (Å²) in [6, 6.07) is -0.866. The van der Waals surface area contributed by atoms with Gasteiger partial charge in [0.2, 0.25) is 5.91 Å². The first kappa shape index (κ1) is 65.7. The summed E-state index contributed by atoms with van der Waals surface area (Å²) in [6.07, 6.45) is 63.9. The second-order valence-electron chi connectivity index (χ2n) is 21.0. The van der Waals surface area contributed by atoms with Crippen LogP contribution < -0.4 is 5.32 Å². The number of phosphoric acid groups is 1. The van der Waals surface area contributed by atoms with Crippen molar-refractivity contribution in [2.75, 3.05) is 40.9 Å². The summed E-state index contributed by atoms with van der Waals surface area (Å²) in [5.41, 5.74) is 0. The van der Waals surface area contributed by atoms with Crippen LogP contribution in [0, 0.1) is 0 Å². The van der Waals surface area contributed by atoms with Gasteiger partial charge in [-0.15, -0.1) is 0 Å². The van der Waals surface area contributed by atoms with E-state index in [9.17, 15) is 19.4 Å². The Morgan fingerprint density at radius 1 is 0.493 bits per heavy atom. The highest BCUT2D eigenvalue weighted by Gasteiger charge is 2.27. The molecule has 0 aromatic rings. The van der Waals surface area contributed by atoms with Crippen molar-refractivity contribution in [1.29, 1.82) is 0 Å². The third-order valence-corrected chi connectivity index (χ3v) is 14.1. The first-order valence-electron chi connectivity index (χ1n) is 28.9. The number of nitrogens with one attached hydrogen (secondary N) is 1. The van der Waals surface area contributed by atoms with E-state index < -0.39 is 20.0 Å². The highest BCUT2D eigenvalue weighted by molar-refractivity contribution is 7.47. The number of hydrogen-bond donors (Lipinski definition) is 3. The van der Waals surface area contributed by atoms with Gasteiger partial charge in [0.15, 0.2) is 0 Å². The highest BCUT2D eigenvalue weighted by atomic mass is 31.2. The standard InChI is InChI=1S/C58H113N2O6P/c1-6-8-10-12-14-16-18-20-22-24-26-28-29-30-32-33-35-37-39-41-43-45-47-49-51-57(61)56(55-66-67(63,64)65-54-53-60(3,4)5)59-58(62)52-50-48-46-44-42-40-38-36-34-31-27-25-23-21-19-17-15-13-11-9-7-2/h31,34,41,43,49,51,56-57,61H,6-30,32-33,35-40,42,44-48,50,52-55H2,1-5H3,(H-,59,62,63,64)/p+1/b34-31-,43-41+,51-49+. The van der Waals surface area contributed by atoms with Crippen molar-refractivity contribution in [2.24, 2.45) is 0 Å². The molecule has 67 heavy (non-hydrogen) atoms. The molecule has 0 bridgehead atoms. The number of hydrogen-bond acceptors (Lipinski definition) is 5. The molecule has 3 unspecified atom stereocenters. The summed E-state index contributed by atoms with van der Waals surface area (Å²) in [5, 5.41) is 13.9. The number of aliphatic hydroxyl groups excluding tert-OH is 1. The monoisotopic (exact) mass is 966 g/mol. The van der Waals surface area contributed by atoms with Crippen molar-refractivity contribution in [2.45, 2.75) is 289 Å². The van der Waals surface area contributed by atoms with E-state index in [-0.39, 0.29) is 19.1 Å². The fraction of sp³-hybridized carbons (Fsp3) is 0.879. The molecule has 0 spiro atoms. The minimum Gasteiger partial charge on any atom is -0.387 e. The summed E-state index contributed by atoms with van der Waals surface area (Å²) < 4.78 is 23.7. The molecule has 0 heterocycles. The van der Waals surface area contributed by atoms with Crippen molar-refractivity contribution in [3.05, 3.63) is 36.5 Å². The number of carbonyl (C=O) groups excluding carboxylic acids is 1. The third-order valence-electron chi connectivity index (χ3n) is 13.1. The summed E-state index contributed by atoms with van der Waals surface area (Å²) in [6.45, 7) is 4.83. The first-order valence-corrected chi connectivity index (χ1v) is 30.4. The van der Waals surface area contributed by atoms with Gasteiger partial charge in [-0.1, -0.05) is 249 Å². The molecule has 0 aromatic heterocycles. The topological polar surface area (TPSA) is 105 Å². The van der Waals surface area contributed by atoms with Crippen LogP contribution in [0.5, 0.6) is 0 Å². The first-order chi connectivity index (χ1) is 32.5. The van der Waals surface area contributed by atoms with Crippen molar-refractivity contribution in [3.63, 3.8) is 0 Å². The van der Waals surface area contributed by atoms with E-state index in [1.165, 1.54) is 218 Å². The van der Waals surface area contributed by atoms with Crippen LogP contribution in [-0.4, -0.2) is 73.4 Å². The summed E-state index contributed by atoms with van der Waals surface area (Å²) in [5.74, 6) is -0.188. The van der Waals surface area contributed by atoms with E-state index in [1.54, 1.807) is 6.08 Å². The van der Waals surface area contributed by atoms with Gasteiger partial charge in [-0.2, -0.15) is 0 Å². The molecule has 9 heteroatoms. The van der Waals surface area contributed by atoms with E-state index in [4.69, 9.17) is 9.05 Å². The molecular weight excluding hydrogens is 852 g/mol. The Kier molecular flexibility index (Phi) is 48.7. The van der Waals surface area contributed by atoms with E-state index in [1.807, 2.05) is 27.2 Å². The molecule has 0 saturated carbocycles. The molecule has 0 aliphatic carbocycles. The van der Waals surface area contributed by atoms with Gasteiger partial charge in [-0.25, -0.2) is 4.57 Å². The van der Waals surface area contributed by atoms with Gasteiger partial charge in [0.1, 0.15) is 13.2 Å². The number of nitrogens with zero attached hydrogens (tertiary/aromatic N) is 1. The molecule has 0 aliphatic rings. The summed E-state index contributed by atoms with van der Waals surface area (Å²) >= 11 is 0. The molecule has 3 atom stereocenters. The maximum Gasteiger partial charge on any atom is 0.472 e. The van der Waals surface area contributed by atoms with Crippen LogP contribution in [0.2, 0.25) is 0 Å². The van der Waals surface area contributed by atoms with Crippen LogP contribution in [0.3, 0.4) is 0 Å². The maximum absolute atomic E-state index is 13.0. The van der Waals surface area contributed by atoms with Crippen molar-refractivity contribution in [1.82, 2.24) is 5.32 Å². The Labute approximate surface area is 417 Å². The molecule has 0 aliphatic heterocycles. The number of quaternary nitrogens is 1. The van der Waals surface area contributed by atoms with E-state index in [0.717, 1.165) is 38.5 Å². The molecular formula is C58H114N2O6P+. The minimum absolute atomic E-state index is 0.0559. The van der Waals surface area contributed by atoms with Gasteiger partial charge in [0.05, 0.1) is 39.9 Å². The number of allylic oxidation sites excluding steroid dienone is 5. The number of rotatable bonds is 53. The van der Waals surface area contributed by atoms with Crippen LogP contribution in [0.15, 0.2) is 36.5 Å². The Bertz CT molecular complexity index is 1190. The Hall–Kier alpha value is -1.28. The molecule has 1 amide bonds. The second kappa shape index (κ2) is 49.7. The van der Waals surface area contributed by atoms with Crippen molar-refractivity contribution >= 4 is 13.7 Å². The van der Waals surface area contributed by atoms with Gasteiger partial charge in [0, 0.05) is 6.42 Å². The molecule has 396 valence electrons. The number of carbonyl (C=O) groups is 1. The molecule has 0 saturated heterocycles. The molecule has 0 aromatic carbocycles. The lowest BCUT2D eigenvalue weighted by atomic mass is 10.0. The molecule has 0 radical (unpaired) electrons. The predicted octanol–water partition coefficient (Wildman–Crippen LogP) is 17.4. The van der Waals surface area contributed by atoms with Crippen molar-refractivity contribution in [3.8, 4) is 0 Å². The van der Waals surface area contributed by atoms with Gasteiger partial charge in [-0.3, -0.25) is 13.8 Å². The zero-order valence-electron chi connectivity index (χ0n) is 45.2. The van der Waals surface area contributed by atoms with Crippen LogP contribution in [0.4, 0.5) is 0 Å². The SMILES string of the molecule is CCCCCCCCCCCC/C=C\CCCCCCCCCC(=O)NC(COP(=O)(O)OCC[N+](C)(C)C)C(O)/C=C/CC/C=C/CCCCCCCCCCCCCCCCCCCC. The molecule has 0 rings (SSSR count). The largest absolute Gasteiger partial charge is 0.472 e. The number of unbranched alkanes of at least 4 members (excludes halogenated alkanes) is 36. The lowest BCUT2D eigenvalue weighted by molar-refractivity contribution is -0.870. The van der Waals surface area contributed by atoms with Crippen LogP contribution >= 0.6 is 7.82 Å². The Balaban J connectivity index is 4.26. The fourth-order valence-corrected chi connectivity index (χ4v) is 9.26. The zero-order chi connectivity index (χ0) is 49.2. The van der Waals surface area contributed by atoms with E-state index in [2.05, 4.69) is 43.5 Å². The average molecular weight is 967 g/mol. The van der Waals surface area contributed by atoms with Crippen LogP contribution in [-0.2, 0) is 18.4 Å². The van der Waals surface area contributed by atoms with E-state index in [0.29, 0.717) is 17.4 Å². The normalized spacial score (nSPS) is 14.2. The summed E-state index contributed by atoms with van der Waals surface area (Å²) in [7, 11) is 1.56. The Morgan fingerprint density at radius 3 is 1.19 bits per heavy atom. The van der Waals surface area contributed by atoms with Gasteiger partial charge >= 0.3 is 7.82 Å². The maximum atomic E-state index is 13.0. The number of likely N-dealkylation sites (N-methyl/N-ethyl adjacent to an activating group) is 1. The van der Waals surface area contributed by atoms with E-state index >= 15 is 0 Å². The van der Waals surface area contributed by atoms with Crippen molar-refractivity contribution < 1.29 is 32.9 Å². The van der Waals surface area contributed by atoms with Crippen LogP contribution in [0.1, 0.15) is 277 Å². The molecule has 3 N–H and O–H groups in total.